The number of aromatic nitrogens is 4. The fraction of sp³-hybridized carbons (Fsp3) is 0.522. The van der Waals surface area contributed by atoms with Crippen LogP contribution in [0.5, 0.6) is 0 Å². The molecule has 2 atom stereocenters. The Morgan fingerprint density at radius 3 is 2.61 bits per heavy atom. The Kier molecular flexibility index (Phi) is 5.55. The first-order valence-corrected chi connectivity index (χ1v) is 12.0. The lowest BCUT2D eigenvalue weighted by Gasteiger charge is -2.42. The molecule has 1 saturated heterocycles. The van der Waals surface area contributed by atoms with Gasteiger partial charge in [0.1, 0.15) is 0 Å². The minimum atomic E-state index is -4.53. The lowest BCUT2D eigenvalue weighted by atomic mass is 9.74. The van der Waals surface area contributed by atoms with Crippen LogP contribution in [-0.4, -0.2) is 38.5 Å². The number of piperidine rings is 1. The van der Waals surface area contributed by atoms with Crippen LogP contribution in [0.15, 0.2) is 40.5 Å². The van der Waals surface area contributed by atoms with E-state index in [0.717, 1.165) is 56.3 Å². The van der Waals surface area contributed by atoms with E-state index in [2.05, 4.69) is 21.8 Å². The Morgan fingerprint density at radius 2 is 1.94 bits per heavy atom. The zero-order chi connectivity index (χ0) is 23.4. The van der Waals surface area contributed by atoms with E-state index in [1.165, 1.54) is 18.6 Å². The SMILES string of the molecule is Cc1nc(N2CCC3(CC2)CC(C)C[C@H]3N)n2ccnc2c1Sc1cccnc1C(F)(F)F. The summed E-state index contributed by atoms with van der Waals surface area (Å²) in [5.41, 5.74) is 7.08. The van der Waals surface area contributed by atoms with Crippen molar-refractivity contribution >= 4 is 23.4 Å². The van der Waals surface area contributed by atoms with Crippen molar-refractivity contribution in [3.63, 3.8) is 0 Å². The van der Waals surface area contributed by atoms with Crippen molar-refractivity contribution in [3.05, 3.63) is 42.1 Å². The summed E-state index contributed by atoms with van der Waals surface area (Å²) in [5, 5.41) is 0. The molecule has 2 aliphatic rings. The maximum Gasteiger partial charge on any atom is 0.434 e. The summed E-state index contributed by atoms with van der Waals surface area (Å²) >= 11 is 1.01. The van der Waals surface area contributed by atoms with Crippen LogP contribution in [0.3, 0.4) is 0 Å². The molecular formula is C23H27F3N6S. The van der Waals surface area contributed by atoms with Gasteiger partial charge in [-0.3, -0.25) is 9.38 Å². The van der Waals surface area contributed by atoms with Crippen molar-refractivity contribution in [2.75, 3.05) is 18.0 Å². The molecule has 1 unspecified atom stereocenters. The third-order valence-electron chi connectivity index (χ3n) is 7.15. The first kappa shape index (κ1) is 22.5. The quantitative estimate of drug-likeness (QED) is 0.577. The van der Waals surface area contributed by atoms with E-state index in [4.69, 9.17) is 10.7 Å². The molecule has 33 heavy (non-hydrogen) atoms. The minimum absolute atomic E-state index is 0.0387. The van der Waals surface area contributed by atoms with Gasteiger partial charge in [-0.2, -0.15) is 13.2 Å². The smallest absolute Gasteiger partial charge is 0.342 e. The molecule has 4 heterocycles. The number of rotatable bonds is 3. The summed E-state index contributed by atoms with van der Waals surface area (Å²) in [4.78, 5) is 15.8. The molecule has 6 nitrogen and oxygen atoms in total. The number of hydrogen-bond acceptors (Lipinski definition) is 6. The second kappa shape index (κ2) is 8.16. The lowest BCUT2D eigenvalue weighted by molar-refractivity contribution is -0.143. The lowest BCUT2D eigenvalue weighted by Crippen LogP contribution is -2.47. The highest BCUT2D eigenvalue weighted by Gasteiger charge is 2.46. The summed E-state index contributed by atoms with van der Waals surface area (Å²) in [6.45, 7) is 5.81. The van der Waals surface area contributed by atoms with Crippen molar-refractivity contribution in [2.24, 2.45) is 17.1 Å². The number of hydrogen-bond donors (Lipinski definition) is 1. The summed E-state index contributed by atoms with van der Waals surface area (Å²) in [6.07, 6.45) is 4.43. The zero-order valence-electron chi connectivity index (χ0n) is 18.6. The van der Waals surface area contributed by atoms with Gasteiger partial charge < -0.3 is 10.6 Å². The molecule has 3 aromatic rings. The van der Waals surface area contributed by atoms with Gasteiger partial charge >= 0.3 is 6.18 Å². The van der Waals surface area contributed by atoms with Gasteiger partial charge in [-0.25, -0.2) is 9.97 Å². The first-order chi connectivity index (χ1) is 15.7. The van der Waals surface area contributed by atoms with E-state index in [0.29, 0.717) is 22.2 Å². The average molecular weight is 477 g/mol. The van der Waals surface area contributed by atoms with Crippen LogP contribution in [0, 0.1) is 18.3 Å². The number of anilines is 1. The number of halogens is 3. The number of nitrogens with zero attached hydrogens (tertiary/aromatic N) is 5. The normalized spacial score (nSPS) is 23.0. The molecule has 5 rings (SSSR count). The number of alkyl halides is 3. The van der Waals surface area contributed by atoms with Gasteiger partial charge in [-0.05, 0) is 56.1 Å². The van der Waals surface area contributed by atoms with Gasteiger partial charge in [0, 0.05) is 42.6 Å². The van der Waals surface area contributed by atoms with E-state index in [1.807, 2.05) is 17.5 Å². The van der Waals surface area contributed by atoms with E-state index in [-0.39, 0.29) is 16.4 Å². The molecule has 1 aliphatic heterocycles. The number of pyridine rings is 1. The molecule has 176 valence electrons. The number of nitrogens with two attached hydrogens (primary N) is 1. The Labute approximate surface area is 194 Å². The van der Waals surface area contributed by atoms with Crippen LogP contribution in [0.2, 0.25) is 0 Å². The summed E-state index contributed by atoms with van der Waals surface area (Å²) < 4.78 is 42.3. The monoisotopic (exact) mass is 476 g/mol. The van der Waals surface area contributed by atoms with Gasteiger partial charge in [0.25, 0.3) is 0 Å². The highest BCUT2D eigenvalue weighted by Crippen LogP contribution is 2.48. The molecule has 3 aromatic heterocycles. The van der Waals surface area contributed by atoms with Gasteiger partial charge in [-0.1, -0.05) is 18.7 Å². The van der Waals surface area contributed by atoms with Crippen molar-refractivity contribution in [1.82, 2.24) is 19.4 Å². The molecular weight excluding hydrogens is 449 g/mol. The topological polar surface area (TPSA) is 72.3 Å². The summed E-state index contributed by atoms with van der Waals surface area (Å²) in [5.74, 6) is 1.44. The zero-order valence-corrected chi connectivity index (χ0v) is 19.5. The fourth-order valence-corrected chi connectivity index (χ4v) is 6.59. The standard InChI is InChI=1S/C23H27F3N6S/c1-14-12-17(27)22(13-14)5-9-31(10-6-22)21-30-15(2)18(20-29-8-11-32(20)21)33-16-4-3-7-28-19(16)23(24,25)26/h3-4,7-8,11,14,17H,5-6,9-10,12-13,27H2,1-2H3/t14?,17-/m1/s1. The van der Waals surface area contributed by atoms with E-state index < -0.39 is 11.9 Å². The minimum Gasteiger partial charge on any atom is -0.342 e. The van der Waals surface area contributed by atoms with Crippen molar-refractivity contribution in [3.8, 4) is 0 Å². The van der Waals surface area contributed by atoms with Crippen LogP contribution < -0.4 is 10.6 Å². The molecule has 1 aliphatic carbocycles. The Bertz CT molecular complexity index is 1170. The van der Waals surface area contributed by atoms with Gasteiger partial charge in [0.15, 0.2) is 11.3 Å². The van der Waals surface area contributed by atoms with E-state index in [9.17, 15) is 13.2 Å². The van der Waals surface area contributed by atoms with Crippen molar-refractivity contribution in [2.45, 2.75) is 61.5 Å². The Morgan fingerprint density at radius 1 is 1.18 bits per heavy atom. The highest BCUT2D eigenvalue weighted by atomic mass is 32.2. The van der Waals surface area contributed by atoms with Gasteiger partial charge in [-0.15, -0.1) is 0 Å². The number of imidazole rings is 1. The molecule has 0 amide bonds. The van der Waals surface area contributed by atoms with Crippen LogP contribution in [0.1, 0.15) is 44.0 Å². The molecule has 0 aromatic carbocycles. The first-order valence-electron chi connectivity index (χ1n) is 11.2. The van der Waals surface area contributed by atoms with Crippen molar-refractivity contribution in [1.29, 1.82) is 0 Å². The van der Waals surface area contributed by atoms with Crippen LogP contribution in [-0.2, 0) is 6.18 Å². The molecule has 2 N–H and O–H groups in total. The predicted molar refractivity (Wildman–Crippen MR) is 121 cm³/mol. The maximum atomic E-state index is 13.5. The number of aryl methyl sites for hydroxylation is 1. The molecule has 2 fully saturated rings. The maximum absolute atomic E-state index is 13.5. The second-order valence-corrected chi connectivity index (χ2v) is 10.5. The molecule has 1 spiro atoms. The molecule has 1 saturated carbocycles. The molecule has 0 radical (unpaired) electrons. The third kappa shape index (κ3) is 3.97. The van der Waals surface area contributed by atoms with Crippen LogP contribution >= 0.6 is 11.8 Å². The van der Waals surface area contributed by atoms with Crippen LogP contribution in [0.25, 0.3) is 5.65 Å². The van der Waals surface area contributed by atoms with Crippen molar-refractivity contribution < 1.29 is 13.2 Å². The fourth-order valence-electron chi connectivity index (χ4n) is 5.53. The summed E-state index contributed by atoms with van der Waals surface area (Å²) in [6, 6.07) is 3.19. The second-order valence-electron chi connectivity index (χ2n) is 9.40. The van der Waals surface area contributed by atoms with Gasteiger partial charge in [0.2, 0.25) is 5.95 Å². The van der Waals surface area contributed by atoms with E-state index in [1.54, 1.807) is 6.20 Å². The third-order valence-corrected chi connectivity index (χ3v) is 8.38. The van der Waals surface area contributed by atoms with Gasteiger partial charge in [0.05, 0.1) is 10.6 Å². The highest BCUT2D eigenvalue weighted by molar-refractivity contribution is 7.99. The molecule has 10 heteroatoms. The molecule has 0 bridgehead atoms. The Balaban J connectivity index is 1.46. The average Bonchev–Trinajstić information content (AvgIpc) is 3.35. The largest absolute Gasteiger partial charge is 0.434 e. The Hall–Kier alpha value is -2.33. The van der Waals surface area contributed by atoms with Crippen LogP contribution in [0.4, 0.5) is 19.1 Å². The number of fused-ring (bicyclic) bond motifs is 1. The van der Waals surface area contributed by atoms with E-state index >= 15 is 0 Å². The summed E-state index contributed by atoms with van der Waals surface area (Å²) in [7, 11) is 0. The predicted octanol–water partition coefficient (Wildman–Crippen LogP) is 4.95.